The highest BCUT2D eigenvalue weighted by atomic mass is 32.1. The van der Waals surface area contributed by atoms with Crippen molar-refractivity contribution in [2.24, 2.45) is 17.8 Å². The van der Waals surface area contributed by atoms with E-state index in [-0.39, 0.29) is 66.4 Å². The lowest BCUT2D eigenvalue weighted by atomic mass is 9.94. The van der Waals surface area contributed by atoms with E-state index in [1.165, 1.54) is 16.2 Å². The van der Waals surface area contributed by atoms with Crippen molar-refractivity contribution in [1.29, 1.82) is 0 Å². The largest absolute Gasteiger partial charge is 0.444 e. The van der Waals surface area contributed by atoms with Crippen LogP contribution in [0.4, 0.5) is 0 Å². The third-order valence-electron chi connectivity index (χ3n) is 8.52. The molecule has 11 nitrogen and oxygen atoms in total. The predicted molar refractivity (Wildman–Crippen MR) is 176 cm³/mol. The Bertz CT molecular complexity index is 1120. The second kappa shape index (κ2) is 19.6. The molecule has 2 unspecified atom stereocenters. The number of hydrogen-bond acceptors (Lipinski definition) is 9. The molecule has 12 heteroatoms. The maximum Gasteiger partial charge on any atom is 0.307 e. The number of nitrogens with zero attached hydrogens (tertiary/aromatic N) is 3. The third-order valence-corrected chi connectivity index (χ3v) is 9.43. The number of carbonyl (C=O) groups is 5. The summed E-state index contributed by atoms with van der Waals surface area (Å²) in [5.74, 6) is -1.16. The Morgan fingerprint density at radius 2 is 1.87 bits per heavy atom. The highest BCUT2D eigenvalue weighted by molar-refractivity contribution is 7.09. The molecule has 2 N–H and O–H groups in total. The Labute approximate surface area is 273 Å². The van der Waals surface area contributed by atoms with Crippen molar-refractivity contribution in [3.05, 3.63) is 16.1 Å². The molecule has 2 heterocycles. The molecule has 0 spiro atoms. The van der Waals surface area contributed by atoms with Gasteiger partial charge in [-0.25, -0.2) is 4.98 Å². The average Bonchev–Trinajstić information content (AvgIpc) is 3.49. The average molecular weight is 650 g/mol. The highest BCUT2D eigenvalue weighted by Crippen LogP contribution is 2.19. The Hall–Kier alpha value is -2.86. The van der Waals surface area contributed by atoms with Crippen LogP contribution in [0.5, 0.6) is 0 Å². The lowest BCUT2D eigenvalue weighted by molar-refractivity contribution is -0.155. The summed E-state index contributed by atoms with van der Waals surface area (Å²) in [6.07, 6.45) is 6.01. The summed E-state index contributed by atoms with van der Waals surface area (Å²) in [6, 6.07) is -1.01. The molecule has 3 amide bonds. The van der Waals surface area contributed by atoms with Crippen molar-refractivity contribution in [2.75, 3.05) is 33.4 Å². The molecular formula is C33H55N5O6S. The first kappa shape index (κ1) is 38.3. The van der Waals surface area contributed by atoms with Gasteiger partial charge in [-0.3, -0.25) is 28.9 Å². The minimum Gasteiger partial charge on any atom is -0.444 e. The zero-order valence-electron chi connectivity index (χ0n) is 28.4. The van der Waals surface area contributed by atoms with Crippen LogP contribution in [0.1, 0.15) is 108 Å². The fourth-order valence-corrected chi connectivity index (χ4v) is 6.18. The van der Waals surface area contributed by atoms with E-state index in [0.717, 1.165) is 30.8 Å². The number of hydrogen-bond donors (Lipinski definition) is 2. The number of aryl methyl sites for hydroxylation is 1. The standard InChI is InChI=1S/C33H55N5O6S/c1-8-13-28(39)44-21-38(33(43)29(23(5)9-2)36-32(42)26-14-10-11-18-37(26)7)19-12-15-27-35-25(20-45-27)31(41)34-17-16-24(6)30(40)22(3)4/h20,22-24,26,29H,8-19,21H2,1-7H3,(H,34,41)(H,36,42)/t23?,24-,26+,29?/m0/s1. The van der Waals surface area contributed by atoms with Crippen LogP contribution in [0.15, 0.2) is 5.38 Å². The van der Waals surface area contributed by atoms with Gasteiger partial charge in [-0.05, 0) is 51.6 Å². The molecule has 1 fully saturated rings. The highest BCUT2D eigenvalue weighted by Gasteiger charge is 2.34. The van der Waals surface area contributed by atoms with Gasteiger partial charge in [0.25, 0.3) is 5.91 Å². The number of nitrogens with one attached hydrogen (secondary N) is 2. The van der Waals surface area contributed by atoms with Gasteiger partial charge in [0.15, 0.2) is 6.73 Å². The van der Waals surface area contributed by atoms with Gasteiger partial charge >= 0.3 is 5.97 Å². The van der Waals surface area contributed by atoms with E-state index in [9.17, 15) is 24.0 Å². The normalized spacial score (nSPS) is 17.3. The van der Waals surface area contributed by atoms with Crippen LogP contribution in [0.25, 0.3) is 0 Å². The fraction of sp³-hybridized carbons (Fsp3) is 0.758. The molecule has 0 aliphatic carbocycles. The number of Topliss-reactive ketones (excluding diaryl/α,β-unsaturated/α-hetero) is 1. The van der Waals surface area contributed by atoms with Crippen molar-refractivity contribution in [3.63, 3.8) is 0 Å². The third kappa shape index (κ3) is 12.5. The molecule has 0 saturated carbocycles. The topological polar surface area (TPSA) is 138 Å². The van der Waals surface area contributed by atoms with Crippen molar-refractivity contribution >= 4 is 40.8 Å². The van der Waals surface area contributed by atoms with E-state index >= 15 is 0 Å². The minimum absolute atomic E-state index is 0.0327. The van der Waals surface area contributed by atoms with Gasteiger partial charge in [0, 0.05) is 43.1 Å². The van der Waals surface area contributed by atoms with Crippen LogP contribution in [0.3, 0.4) is 0 Å². The van der Waals surface area contributed by atoms with E-state index < -0.39 is 6.04 Å². The monoisotopic (exact) mass is 649 g/mol. The van der Waals surface area contributed by atoms with E-state index in [1.807, 2.05) is 53.5 Å². The summed E-state index contributed by atoms with van der Waals surface area (Å²) in [6.45, 7) is 12.8. The minimum atomic E-state index is -0.739. The summed E-state index contributed by atoms with van der Waals surface area (Å²) in [5.41, 5.74) is 0.325. The summed E-state index contributed by atoms with van der Waals surface area (Å²) >= 11 is 1.37. The molecule has 1 aromatic heterocycles. The van der Waals surface area contributed by atoms with Crippen LogP contribution in [0, 0.1) is 17.8 Å². The van der Waals surface area contributed by atoms with Crippen LogP contribution in [0.2, 0.25) is 0 Å². The molecule has 1 saturated heterocycles. The number of aromatic nitrogens is 1. The number of piperidine rings is 1. The maximum absolute atomic E-state index is 13.9. The second-order valence-electron chi connectivity index (χ2n) is 12.6. The molecule has 1 aliphatic rings. The van der Waals surface area contributed by atoms with Crippen LogP contribution < -0.4 is 10.6 Å². The Morgan fingerprint density at radius 3 is 2.51 bits per heavy atom. The molecular weight excluding hydrogens is 594 g/mol. The van der Waals surface area contributed by atoms with Crippen molar-refractivity contribution in [3.8, 4) is 0 Å². The lowest BCUT2D eigenvalue weighted by Gasteiger charge is -2.35. The Balaban J connectivity index is 2.03. The van der Waals surface area contributed by atoms with E-state index in [2.05, 4.69) is 15.6 Å². The first-order chi connectivity index (χ1) is 21.4. The smallest absolute Gasteiger partial charge is 0.307 e. The number of esters is 1. The van der Waals surface area contributed by atoms with Crippen molar-refractivity contribution < 1.29 is 28.7 Å². The van der Waals surface area contributed by atoms with E-state index in [4.69, 9.17) is 4.74 Å². The number of ether oxygens (including phenoxy) is 1. The van der Waals surface area contributed by atoms with Gasteiger partial charge in [-0.1, -0.05) is 54.4 Å². The summed E-state index contributed by atoms with van der Waals surface area (Å²) in [4.78, 5) is 72.1. The van der Waals surface area contributed by atoms with Gasteiger partial charge < -0.3 is 20.3 Å². The molecule has 0 bridgehead atoms. The number of likely N-dealkylation sites (tertiary alicyclic amines) is 1. The molecule has 45 heavy (non-hydrogen) atoms. The number of likely N-dealkylation sites (N-methyl/N-ethyl adjacent to an activating group) is 1. The number of amides is 3. The van der Waals surface area contributed by atoms with Crippen LogP contribution in [-0.4, -0.2) is 89.8 Å². The van der Waals surface area contributed by atoms with Crippen molar-refractivity contribution in [2.45, 2.75) is 111 Å². The number of carbonyl (C=O) groups excluding carboxylic acids is 5. The van der Waals surface area contributed by atoms with Gasteiger partial charge in [-0.15, -0.1) is 11.3 Å². The van der Waals surface area contributed by atoms with E-state index in [1.54, 1.807) is 5.38 Å². The molecule has 1 aliphatic heterocycles. The second-order valence-corrected chi connectivity index (χ2v) is 13.5. The van der Waals surface area contributed by atoms with E-state index in [0.29, 0.717) is 50.9 Å². The first-order valence-corrected chi connectivity index (χ1v) is 17.5. The molecule has 2 rings (SSSR count). The maximum atomic E-state index is 13.9. The summed E-state index contributed by atoms with van der Waals surface area (Å²) in [7, 11) is 1.94. The zero-order valence-corrected chi connectivity index (χ0v) is 29.2. The zero-order chi connectivity index (χ0) is 33.5. The van der Waals surface area contributed by atoms with Gasteiger partial charge in [0.2, 0.25) is 11.8 Å². The lowest BCUT2D eigenvalue weighted by Crippen LogP contribution is -2.57. The molecule has 0 aromatic carbocycles. The van der Waals surface area contributed by atoms with Crippen LogP contribution in [-0.2, 0) is 30.3 Å². The Kier molecular flexibility index (Phi) is 16.7. The SMILES string of the molecule is CCCC(=O)OCN(CCCc1nc(C(=O)NCC[C@H](C)C(=O)C(C)C)cs1)C(=O)C(NC(=O)[C@H]1CCCCN1C)C(C)CC. The first-order valence-electron chi connectivity index (χ1n) is 16.6. The van der Waals surface area contributed by atoms with Gasteiger partial charge in [0.1, 0.15) is 17.5 Å². The summed E-state index contributed by atoms with van der Waals surface area (Å²) < 4.78 is 5.45. The fourth-order valence-electron chi connectivity index (χ4n) is 5.36. The number of rotatable bonds is 19. The summed E-state index contributed by atoms with van der Waals surface area (Å²) in [5, 5.41) is 8.35. The predicted octanol–water partition coefficient (Wildman–Crippen LogP) is 4.20. The van der Waals surface area contributed by atoms with Gasteiger partial charge in [0.05, 0.1) is 11.0 Å². The van der Waals surface area contributed by atoms with Crippen LogP contribution >= 0.6 is 11.3 Å². The quantitative estimate of drug-likeness (QED) is 0.168. The van der Waals surface area contributed by atoms with Crippen molar-refractivity contribution in [1.82, 2.24) is 25.4 Å². The molecule has 4 atom stereocenters. The van der Waals surface area contributed by atoms with Gasteiger partial charge in [-0.2, -0.15) is 0 Å². The number of ketones is 1. The molecule has 1 aromatic rings. The number of thiazole rings is 1. The Morgan fingerprint density at radius 1 is 1.13 bits per heavy atom. The molecule has 254 valence electrons. The molecule has 0 radical (unpaired) electrons.